The smallest absolute Gasteiger partial charge is 0.257 e. The van der Waals surface area contributed by atoms with Gasteiger partial charge in [0, 0.05) is 19.6 Å². The summed E-state index contributed by atoms with van der Waals surface area (Å²) in [7, 11) is 1.62. The number of benzene rings is 2. The Morgan fingerprint density at radius 3 is 2.73 bits per heavy atom. The molecule has 0 saturated carbocycles. The zero-order valence-electron chi connectivity index (χ0n) is 17.9. The molecule has 3 rings (SSSR count). The zero-order chi connectivity index (χ0) is 21.6. The highest BCUT2D eigenvalue weighted by molar-refractivity contribution is 5.97. The molecule has 30 heavy (non-hydrogen) atoms. The number of hydrogen-bond donors (Lipinski definition) is 1. The van der Waals surface area contributed by atoms with Gasteiger partial charge in [-0.25, -0.2) is 0 Å². The molecule has 1 aliphatic rings. The van der Waals surface area contributed by atoms with Crippen molar-refractivity contribution in [2.45, 2.75) is 33.2 Å². The van der Waals surface area contributed by atoms with Crippen LogP contribution in [-0.2, 0) is 11.3 Å². The average Bonchev–Trinajstić information content (AvgIpc) is 2.77. The SMILES string of the molecule is CCOc1ccccc1C(=O)N1CCCC(C)(C(=O)NCc2cccc(OC)c2)C1. The molecule has 1 atom stereocenters. The standard InChI is InChI=1S/C24H30N2O4/c1-4-30-21-12-6-5-11-20(21)22(27)26-14-8-13-24(2,17-26)23(28)25-16-18-9-7-10-19(15-18)29-3/h5-7,9-12,15H,4,8,13-14,16-17H2,1-3H3,(H,25,28). The summed E-state index contributed by atoms with van der Waals surface area (Å²) in [4.78, 5) is 27.9. The molecule has 2 aromatic carbocycles. The number of nitrogens with one attached hydrogen (secondary N) is 1. The lowest BCUT2D eigenvalue weighted by molar-refractivity contribution is -0.132. The van der Waals surface area contributed by atoms with E-state index in [9.17, 15) is 9.59 Å². The van der Waals surface area contributed by atoms with E-state index in [-0.39, 0.29) is 11.8 Å². The molecule has 1 heterocycles. The van der Waals surface area contributed by atoms with E-state index in [1.807, 2.05) is 50.2 Å². The predicted octanol–water partition coefficient (Wildman–Crippen LogP) is 3.65. The third-order valence-electron chi connectivity index (χ3n) is 5.54. The fraction of sp³-hybridized carbons (Fsp3) is 0.417. The highest BCUT2D eigenvalue weighted by Crippen LogP contribution is 2.32. The van der Waals surface area contributed by atoms with Crippen molar-refractivity contribution in [2.75, 3.05) is 26.8 Å². The van der Waals surface area contributed by atoms with Gasteiger partial charge in [0.1, 0.15) is 11.5 Å². The Kier molecular flexibility index (Phi) is 6.98. The molecule has 2 amide bonds. The van der Waals surface area contributed by atoms with Crippen LogP contribution in [0.3, 0.4) is 0 Å². The monoisotopic (exact) mass is 410 g/mol. The largest absolute Gasteiger partial charge is 0.497 e. The Labute approximate surface area is 178 Å². The molecule has 0 radical (unpaired) electrons. The number of rotatable bonds is 7. The molecule has 1 unspecified atom stereocenters. The molecule has 0 spiro atoms. The number of hydrogen-bond acceptors (Lipinski definition) is 4. The van der Waals surface area contributed by atoms with Gasteiger partial charge >= 0.3 is 0 Å². The van der Waals surface area contributed by atoms with Crippen molar-refractivity contribution >= 4 is 11.8 Å². The molecule has 2 aromatic rings. The van der Waals surface area contributed by atoms with Crippen molar-refractivity contribution in [3.05, 3.63) is 59.7 Å². The first kappa shape index (κ1) is 21.7. The Hall–Kier alpha value is -3.02. The fourth-order valence-corrected chi connectivity index (χ4v) is 3.87. The van der Waals surface area contributed by atoms with E-state index in [1.165, 1.54) is 0 Å². The van der Waals surface area contributed by atoms with Crippen molar-refractivity contribution < 1.29 is 19.1 Å². The van der Waals surface area contributed by atoms with E-state index >= 15 is 0 Å². The van der Waals surface area contributed by atoms with Crippen molar-refractivity contribution in [1.82, 2.24) is 10.2 Å². The first-order chi connectivity index (χ1) is 14.5. The maximum Gasteiger partial charge on any atom is 0.257 e. The van der Waals surface area contributed by atoms with Crippen LogP contribution in [0, 0.1) is 5.41 Å². The van der Waals surface area contributed by atoms with Crippen LogP contribution >= 0.6 is 0 Å². The Morgan fingerprint density at radius 2 is 1.97 bits per heavy atom. The molecular weight excluding hydrogens is 380 g/mol. The van der Waals surface area contributed by atoms with Gasteiger partial charge in [0.25, 0.3) is 5.91 Å². The molecule has 6 heteroatoms. The molecule has 1 saturated heterocycles. The first-order valence-corrected chi connectivity index (χ1v) is 10.4. The highest BCUT2D eigenvalue weighted by atomic mass is 16.5. The summed E-state index contributed by atoms with van der Waals surface area (Å²) >= 11 is 0. The predicted molar refractivity (Wildman–Crippen MR) is 116 cm³/mol. The number of nitrogens with zero attached hydrogens (tertiary/aromatic N) is 1. The Morgan fingerprint density at radius 1 is 1.17 bits per heavy atom. The Balaban J connectivity index is 1.67. The second-order valence-corrected chi connectivity index (χ2v) is 7.85. The maximum atomic E-state index is 13.2. The van der Waals surface area contributed by atoms with Gasteiger partial charge in [0.05, 0.1) is 24.7 Å². The minimum atomic E-state index is -0.632. The highest BCUT2D eigenvalue weighted by Gasteiger charge is 2.39. The molecule has 0 aromatic heterocycles. The second-order valence-electron chi connectivity index (χ2n) is 7.85. The van der Waals surface area contributed by atoms with Crippen LogP contribution in [0.15, 0.2) is 48.5 Å². The van der Waals surface area contributed by atoms with E-state index < -0.39 is 5.41 Å². The third kappa shape index (κ3) is 4.93. The molecule has 6 nitrogen and oxygen atoms in total. The van der Waals surface area contributed by atoms with Crippen molar-refractivity contribution in [3.8, 4) is 11.5 Å². The maximum absolute atomic E-state index is 13.2. The van der Waals surface area contributed by atoms with Gasteiger partial charge in [-0.2, -0.15) is 0 Å². The number of likely N-dealkylation sites (tertiary alicyclic amines) is 1. The number of amides is 2. The molecule has 1 fully saturated rings. The second kappa shape index (κ2) is 9.65. The molecular formula is C24H30N2O4. The number of carbonyl (C=O) groups excluding carboxylic acids is 2. The van der Waals surface area contributed by atoms with Crippen LogP contribution < -0.4 is 14.8 Å². The summed E-state index contributed by atoms with van der Waals surface area (Å²) in [5.74, 6) is 1.21. The van der Waals surface area contributed by atoms with Crippen LogP contribution in [0.2, 0.25) is 0 Å². The van der Waals surface area contributed by atoms with E-state index in [0.29, 0.717) is 37.6 Å². The summed E-state index contributed by atoms with van der Waals surface area (Å²) in [5.41, 5.74) is 0.883. The van der Waals surface area contributed by atoms with Gasteiger partial charge in [-0.15, -0.1) is 0 Å². The summed E-state index contributed by atoms with van der Waals surface area (Å²) in [6.45, 7) is 5.77. The summed E-state index contributed by atoms with van der Waals surface area (Å²) < 4.78 is 10.9. The van der Waals surface area contributed by atoms with Gasteiger partial charge in [-0.05, 0) is 56.5 Å². The quantitative estimate of drug-likeness (QED) is 0.757. The number of carbonyl (C=O) groups is 2. The van der Waals surface area contributed by atoms with Gasteiger partial charge in [-0.1, -0.05) is 24.3 Å². The average molecular weight is 411 g/mol. The molecule has 1 N–H and O–H groups in total. The van der Waals surface area contributed by atoms with Crippen LogP contribution in [0.5, 0.6) is 11.5 Å². The van der Waals surface area contributed by atoms with Crippen molar-refractivity contribution in [1.29, 1.82) is 0 Å². The van der Waals surface area contributed by atoms with E-state index in [0.717, 1.165) is 24.2 Å². The molecule has 1 aliphatic heterocycles. The van der Waals surface area contributed by atoms with E-state index in [4.69, 9.17) is 9.47 Å². The number of para-hydroxylation sites is 1. The van der Waals surface area contributed by atoms with E-state index in [1.54, 1.807) is 24.1 Å². The van der Waals surface area contributed by atoms with E-state index in [2.05, 4.69) is 5.32 Å². The van der Waals surface area contributed by atoms with Crippen molar-refractivity contribution in [2.24, 2.45) is 5.41 Å². The first-order valence-electron chi connectivity index (χ1n) is 10.4. The van der Waals surface area contributed by atoms with Gasteiger partial charge in [0.15, 0.2) is 0 Å². The fourth-order valence-electron chi connectivity index (χ4n) is 3.87. The number of piperidine rings is 1. The van der Waals surface area contributed by atoms with Gasteiger partial charge in [-0.3, -0.25) is 9.59 Å². The van der Waals surface area contributed by atoms with Crippen LogP contribution in [0.4, 0.5) is 0 Å². The molecule has 0 aliphatic carbocycles. The summed E-state index contributed by atoms with van der Waals surface area (Å²) in [5, 5.41) is 3.03. The van der Waals surface area contributed by atoms with Crippen molar-refractivity contribution in [3.63, 3.8) is 0 Å². The molecule has 160 valence electrons. The van der Waals surface area contributed by atoms with Crippen LogP contribution in [0.1, 0.15) is 42.6 Å². The number of ether oxygens (including phenoxy) is 2. The van der Waals surface area contributed by atoms with Gasteiger partial charge in [0.2, 0.25) is 5.91 Å². The minimum Gasteiger partial charge on any atom is -0.497 e. The lowest BCUT2D eigenvalue weighted by Gasteiger charge is -2.39. The normalized spacial score (nSPS) is 18.6. The lowest BCUT2D eigenvalue weighted by Crippen LogP contribution is -2.51. The minimum absolute atomic E-state index is 0.0408. The Bertz CT molecular complexity index is 898. The zero-order valence-corrected chi connectivity index (χ0v) is 17.9. The topological polar surface area (TPSA) is 67.9 Å². The van der Waals surface area contributed by atoms with Crippen LogP contribution in [0.25, 0.3) is 0 Å². The lowest BCUT2D eigenvalue weighted by atomic mass is 9.80. The molecule has 0 bridgehead atoms. The summed E-state index contributed by atoms with van der Waals surface area (Å²) in [6.07, 6.45) is 1.53. The van der Waals surface area contributed by atoms with Crippen LogP contribution in [-0.4, -0.2) is 43.5 Å². The van der Waals surface area contributed by atoms with Gasteiger partial charge < -0.3 is 19.7 Å². The third-order valence-corrected chi connectivity index (χ3v) is 5.54. The number of methoxy groups -OCH3 is 1. The summed E-state index contributed by atoms with van der Waals surface area (Å²) in [6, 6.07) is 14.9.